The number of aliphatic carboxylic acids is 1. The molecule has 2 aliphatic heterocycles. The van der Waals surface area contributed by atoms with E-state index in [1.807, 2.05) is 60.7 Å². The molecule has 6 aromatic rings. The van der Waals surface area contributed by atoms with Crippen molar-refractivity contribution >= 4 is 18.7 Å². The molecular formula is C46H50N6O7. The maximum absolute atomic E-state index is 10.9. The second-order valence-corrected chi connectivity index (χ2v) is 15.6. The van der Waals surface area contributed by atoms with Gasteiger partial charge in [0.2, 0.25) is 11.6 Å². The van der Waals surface area contributed by atoms with Crippen LogP contribution in [0.15, 0.2) is 106 Å². The molecule has 4 aromatic carbocycles. The molecular weight excluding hydrogens is 749 g/mol. The third kappa shape index (κ3) is 12.1. The van der Waals surface area contributed by atoms with Crippen molar-refractivity contribution < 1.29 is 33.3 Å². The minimum atomic E-state index is -0.709. The van der Waals surface area contributed by atoms with Gasteiger partial charge in [0.05, 0.1) is 5.92 Å². The van der Waals surface area contributed by atoms with Gasteiger partial charge in [-0.25, -0.2) is 0 Å². The third-order valence-electron chi connectivity index (χ3n) is 9.76. The quantitative estimate of drug-likeness (QED) is 0.103. The van der Waals surface area contributed by atoms with E-state index in [2.05, 4.69) is 87.2 Å². The Morgan fingerprint density at radius 1 is 0.712 bits per heavy atom. The Hall–Kier alpha value is -6.31. The summed E-state index contributed by atoms with van der Waals surface area (Å²) in [5.41, 5.74) is 7.90. The fraction of sp³-hybridized carbons (Fsp3) is 0.326. The van der Waals surface area contributed by atoms with Gasteiger partial charge < -0.3 is 24.2 Å². The zero-order valence-electron chi connectivity index (χ0n) is 33.8. The number of nitrogens with zero attached hydrogens (tertiary/aromatic N) is 5. The smallest absolute Gasteiger partial charge is 0.309 e. The zero-order chi connectivity index (χ0) is 41.7. The fourth-order valence-electron chi connectivity index (χ4n) is 6.45. The molecule has 2 aromatic heterocycles. The van der Waals surface area contributed by atoms with E-state index in [0.29, 0.717) is 60.4 Å². The predicted octanol–water partition coefficient (Wildman–Crippen LogP) is 7.66. The molecule has 0 unspecified atom stereocenters. The largest absolute Gasteiger partial charge is 0.481 e. The maximum atomic E-state index is 10.9. The number of carbonyl (C=O) groups is 3. The fourth-order valence-corrected chi connectivity index (χ4v) is 6.45. The molecule has 0 atom stereocenters. The van der Waals surface area contributed by atoms with Crippen LogP contribution in [0.3, 0.4) is 0 Å². The van der Waals surface area contributed by atoms with Crippen molar-refractivity contribution in [3.8, 4) is 45.7 Å². The molecule has 0 aliphatic carbocycles. The highest BCUT2D eigenvalue weighted by atomic mass is 16.5. The van der Waals surface area contributed by atoms with Crippen LogP contribution in [0, 0.1) is 17.8 Å². The number of hydrogen-bond acceptors (Lipinski definition) is 12. The van der Waals surface area contributed by atoms with Crippen molar-refractivity contribution in [2.75, 3.05) is 26.2 Å². The Bertz CT molecular complexity index is 2240. The van der Waals surface area contributed by atoms with Crippen LogP contribution >= 0.6 is 0 Å². The van der Waals surface area contributed by atoms with Gasteiger partial charge in [0.15, 0.2) is 0 Å². The molecule has 2 N–H and O–H groups in total. The Labute approximate surface area is 343 Å². The molecule has 0 bridgehead atoms. The van der Waals surface area contributed by atoms with Crippen LogP contribution < -0.4 is 5.32 Å². The van der Waals surface area contributed by atoms with Crippen molar-refractivity contribution in [2.45, 2.75) is 53.2 Å². The predicted molar refractivity (Wildman–Crippen MR) is 223 cm³/mol. The lowest BCUT2D eigenvalue weighted by Crippen LogP contribution is -2.49. The van der Waals surface area contributed by atoms with E-state index >= 15 is 0 Å². The second kappa shape index (κ2) is 20.4. The van der Waals surface area contributed by atoms with Gasteiger partial charge in [0.1, 0.15) is 12.4 Å². The second-order valence-electron chi connectivity index (χ2n) is 15.6. The lowest BCUT2D eigenvalue weighted by atomic mass is 9.99. The lowest BCUT2D eigenvalue weighted by molar-refractivity contribution is -0.147. The van der Waals surface area contributed by atoms with Crippen LogP contribution in [0.5, 0.6) is 0 Å². The molecule has 0 amide bonds. The number of carboxylic acids is 1. The number of hydrogen-bond donors (Lipinski definition) is 2. The minimum Gasteiger partial charge on any atom is -0.481 e. The molecule has 0 spiro atoms. The molecule has 13 nitrogen and oxygen atoms in total. The molecule has 0 radical (unpaired) electrons. The van der Waals surface area contributed by atoms with E-state index in [4.69, 9.17) is 14.2 Å². The molecule has 0 saturated carbocycles. The standard InChI is InChI=1S/C23H25N3O3.C19H18N2O2.C4H7NO2/c1-15(2)11-16-3-9-19(10-4-16)22-24-21(25-29-22)18-7-5-17(6-8-18)12-26-13-20(14-26)23(27)28;1-13(2)11-14-3-9-17(10-4-14)19-20-18(21-23-19)16-7-5-15(12-22)6-8-16;6-3-7-4-1-5-2-4/h3-10,15,20H,11-14H2,1-2H3,(H,27,28);3-10,12-13H,11H2,1-2H3;3-5H,1-2H2. The van der Waals surface area contributed by atoms with E-state index in [-0.39, 0.29) is 12.0 Å². The molecule has 59 heavy (non-hydrogen) atoms. The first kappa shape index (κ1) is 42.3. The summed E-state index contributed by atoms with van der Waals surface area (Å²) >= 11 is 0. The molecule has 13 heteroatoms. The summed E-state index contributed by atoms with van der Waals surface area (Å²) in [4.78, 5) is 42.2. The number of likely N-dealkylation sites (tertiary alicyclic amines) is 1. The maximum Gasteiger partial charge on any atom is 0.309 e. The Balaban J connectivity index is 0.000000173. The minimum absolute atomic E-state index is 0.150. The first-order valence-corrected chi connectivity index (χ1v) is 19.8. The van der Waals surface area contributed by atoms with Crippen LogP contribution in [0.2, 0.25) is 0 Å². The summed E-state index contributed by atoms with van der Waals surface area (Å²) in [6.07, 6.45) is 3.07. The highest BCUT2D eigenvalue weighted by Gasteiger charge is 2.32. The average Bonchev–Trinajstić information content (AvgIpc) is 3.90. The van der Waals surface area contributed by atoms with Crippen molar-refractivity contribution in [3.05, 3.63) is 119 Å². The van der Waals surface area contributed by atoms with Crippen molar-refractivity contribution in [1.29, 1.82) is 0 Å². The zero-order valence-corrected chi connectivity index (χ0v) is 33.8. The number of carboxylic acid groups (broad SMARTS) is 1. The average molecular weight is 799 g/mol. The normalized spacial score (nSPS) is 14.0. The monoisotopic (exact) mass is 798 g/mol. The van der Waals surface area contributed by atoms with Gasteiger partial charge in [-0.3, -0.25) is 19.3 Å². The van der Waals surface area contributed by atoms with Gasteiger partial charge in [-0.1, -0.05) is 111 Å². The first-order valence-electron chi connectivity index (χ1n) is 19.8. The first-order chi connectivity index (χ1) is 28.6. The van der Waals surface area contributed by atoms with Gasteiger partial charge in [-0.05, 0) is 65.6 Å². The molecule has 2 fully saturated rings. The Morgan fingerprint density at radius 2 is 1.15 bits per heavy atom. The van der Waals surface area contributed by atoms with E-state index < -0.39 is 5.97 Å². The number of aldehydes is 1. The number of ether oxygens (including phenoxy) is 1. The number of benzene rings is 4. The molecule has 4 heterocycles. The van der Waals surface area contributed by atoms with Gasteiger partial charge in [0.25, 0.3) is 18.3 Å². The summed E-state index contributed by atoms with van der Waals surface area (Å²) in [5, 5.41) is 20.1. The number of aromatic nitrogens is 4. The van der Waals surface area contributed by atoms with Crippen LogP contribution in [0.1, 0.15) is 54.7 Å². The number of carbonyl (C=O) groups excluding carboxylic acids is 2. The van der Waals surface area contributed by atoms with Crippen LogP contribution in [-0.4, -0.2) is 81.3 Å². The van der Waals surface area contributed by atoms with Gasteiger partial charge >= 0.3 is 5.97 Å². The summed E-state index contributed by atoms with van der Waals surface area (Å²) in [5.74, 6) is 2.40. The SMILES string of the molecule is CC(C)Cc1ccc(-c2nc(-c3ccc(C=O)cc3)no2)cc1.CC(C)Cc1ccc(-c2nc(-c3ccc(CN4CC(C(=O)O)C4)cc3)no2)cc1.O=COC1CNC1. The molecule has 306 valence electrons. The lowest BCUT2D eigenvalue weighted by Gasteiger charge is -2.36. The van der Waals surface area contributed by atoms with E-state index in [0.717, 1.165) is 66.6 Å². The Morgan fingerprint density at radius 3 is 1.53 bits per heavy atom. The van der Waals surface area contributed by atoms with Crippen LogP contribution in [-0.2, 0) is 33.7 Å². The van der Waals surface area contributed by atoms with E-state index in [9.17, 15) is 14.4 Å². The van der Waals surface area contributed by atoms with Gasteiger partial charge in [-0.2, -0.15) is 9.97 Å². The highest BCUT2D eigenvalue weighted by Crippen LogP contribution is 2.26. The highest BCUT2D eigenvalue weighted by molar-refractivity contribution is 5.76. The van der Waals surface area contributed by atoms with Crippen LogP contribution in [0.4, 0.5) is 0 Å². The molecule has 8 rings (SSSR count). The van der Waals surface area contributed by atoms with Gasteiger partial charge in [0, 0.05) is 60.5 Å². The van der Waals surface area contributed by atoms with Crippen molar-refractivity contribution in [2.24, 2.45) is 17.8 Å². The molecule has 2 saturated heterocycles. The van der Waals surface area contributed by atoms with Gasteiger partial charge in [-0.15, -0.1) is 0 Å². The number of rotatable bonds is 14. The van der Waals surface area contributed by atoms with Crippen molar-refractivity contribution in [1.82, 2.24) is 30.5 Å². The Kier molecular flexibility index (Phi) is 14.6. The van der Waals surface area contributed by atoms with E-state index in [1.54, 1.807) is 12.1 Å². The van der Waals surface area contributed by atoms with E-state index in [1.165, 1.54) is 11.1 Å². The van der Waals surface area contributed by atoms with Crippen molar-refractivity contribution in [3.63, 3.8) is 0 Å². The summed E-state index contributed by atoms with van der Waals surface area (Å²) in [7, 11) is 0. The summed E-state index contributed by atoms with van der Waals surface area (Å²) in [6, 6.07) is 31.6. The van der Waals surface area contributed by atoms with Crippen LogP contribution in [0.25, 0.3) is 45.7 Å². The number of nitrogens with one attached hydrogen (secondary N) is 1. The topological polar surface area (TPSA) is 174 Å². The summed E-state index contributed by atoms with van der Waals surface area (Å²) < 4.78 is 15.3. The third-order valence-corrected chi connectivity index (χ3v) is 9.76. The molecule has 2 aliphatic rings. The summed E-state index contributed by atoms with van der Waals surface area (Å²) in [6.45, 7) is 12.9.